The molecule has 162 valence electrons. The molecule has 0 bridgehead atoms. The predicted octanol–water partition coefficient (Wildman–Crippen LogP) is 4.13. The highest BCUT2D eigenvalue weighted by Crippen LogP contribution is 2.15. The lowest BCUT2D eigenvalue weighted by atomic mass is 10.1. The van der Waals surface area contributed by atoms with Gasteiger partial charge in [-0.2, -0.15) is 5.10 Å². The van der Waals surface area contributed by atoms with Crippen LogP contribution in [0.2, 0.25) is 0 Å². The lowest BCUT2D eigenvalue weighted by molar-refractivity contribution is 0.242. The summed E-state index contributed by atoms with van der Waals surface area (Å²) in [5.41, 5.74) is 4.77. The van der Waals surface area contributed by atoms with Gasteiger partial charge in [0.25, 0.3) is 0 Å². The van der Waals surface area contributed by atoms with Gasteiger partial charge in [0.1, 0.15) is 5.75 Å². The van der Waals surface area contributed by atoms with Crippen molar-refractivity contribution in [1.82, 2.24) is 20.4 Å². The van der Waals surface area contributed by atoms with Crippen molar-refractivity contribution in [2.45, 2.75) is 66.7 Å². The molecule has 1 unspecified atom stereocenters. The van der Waals surface area contributed by atoms with Gasteiger partial charge in [-0.1, -0.05) is 12.1 Å². The smallest absolute Gasteiger partial charge is 0.191 e. The van der Waals surface area contributed by atoms with E-state index in [1.54, 1.807) is 0 Å². The highest BCUT2D eigenvalue weighted by molar-refractivity contribution is 14.0. The molecule has 29 heavy (non-hydrogen) atoms. The molecule has 0 radical (unpaired) electrons. The quantitative estimate of drug-likeness (QED) is 0.317. The number of halogens is 1. The summed E-state index contributed by atoms with van der Waals surface area (Å²) in [6.07, 6.45) is 1.10. The van der Waals surface area contributed by atoms with E-state index in [0.717, 1.165) is 35.9 Å². The van der Waals surface area contributed by atoms with Crippen molar-refractivity contribution in [3.05, 3.63) is 46.8 Å². The number of ether oxygens (including phenoxy) is 1. The highest BCUT2D eigenvalue weighted by atomic mass is 127. The Morgan fingerprint density at radius 3 is 2.34 bits per heavy atom. The average molecular weight is 513 g/mol. The number of benzene rings is 1. The number of rotatable bonds is 8. The summed E-state index contributed by atoms with van der Waals surface area (Å²) in [7, 11) is 1.99. The zero-order chi connectivity index (χ0) is 20.7. The number of aromatic nitrogens is 2. The topological polar surface area (TPSA) is 63.5 Å². The molecule has 2 N–H and O–H groups in total. The standard InChI is InChI=1S/C22H35N5O.HI/c1-8-23-22(24-14-19-9-11-20(12-10-19)28-15(2)3)25-16(4)13-21-17(5)26-27(7)18(21)6;/h9-12,15-16H,8,13-14H2,1-7H3,(H2,23,24,25);1H. The van der Waals surface area contributed by atoms with Crippen LogP contribution in [0, 0.1) is 13.8 Å². The fourth-order valence-electron chi connectivity index (χ4n) is 3.14. The van der Waals surface area contributed by atoms with Crippen molar-refractivity contribution in [3.63, 3.8) is 0 Å². The molecule has 7 heteroatoms. The minimum atomic E-state index is 0. The van der Waals surface area contributed by atoms with E-state index < -0.39 is 0 Å². The monoisotopic (exact) mass is 513 g/mol. The van der Waals surface area contributed by atoms with E-state index in [0.29, 0.717) is 6.54 Å². The maximum atomic E-state index is 5.70. The molecular formula is C22H36IN5O. The van der Waals surface area contributed by atoms with Gasteiger partial charge < -0.3 is 15.4 Å². The van der Waals surface area contributed by atoms with Gasteiger partial charge in [-0.25, -0.2) is 4.99 Å². The van der Waals surface area contributed by atoms with Gasteiger partial charge in [0.15, 0.2) is 5.96 Å². The van der Waals surface area contributed by atoms with Crippen molar-refractivity contribution in [1.29, 1.82) is 0 Å². The molecular weight excluding hydrogens is 477 g/mol. The second-order valence-electron chi connectivity index (χ2n) is 7.53. The maximum absolute atomic E-state index is 5.70. The SMILES string of the molecule is CCNC(=NCc1ccc(OC(C)C)cc1)NC(C)Cc1c(C)nn(C)c1C.I. The molecule has 0 saturated carbocycles. The predicted molar refractivity (Wildman–Crippen MR) is 131 cm³/mol. The Hall–Kier alpha value is -1.77. The second kappa shape index (κ2) is 12.0. The summed E-state index contributed by atoms with van der Waals surface area (Å²) in [5, 5.41) is 11.4. The first-order valence-electron chi connectivity index (χ1n) is 10.1. The molecule has 0 aliphatic heterocycles. The number of nitrogens with one attached hydrogen (secondary N) is 2. The number of nitrogens with zero attached hydrogens (tertiary/aromatic N) is 3. The van der Waals surface area contributed by atoms with Gasteiger partial charge >= 0.3 is 0 Å². The first-order valence-corrected chi connectivity index (χ1v) is 10.1. The van der Waals surface area contributed by atoms with Crippen LogP contribution in [0.15, 0.2) is 29.3 Å². The Morgan fingerprint density at radius 2 is 1.83 bits per heavy atom. The van der Waals surface area contributed by atoms with Crippen LogP contribution in [-0.2, 0) is 20.0 Å². The fourth-order valence-corrected chi connectivity index (χ4v) is 3.14. The molecule has 0 saturated heterocycles. The summed E-state index contributed by atoms with van der Waals surface area (Å²) in [4.78, 5) is 4.74. The van der Waals surface area contributed by atoms with Gasteiger partial charge in [0.2, 0.25) is 0 Å². The van der Waals surface area contributed by atoms with Gasteiger partial charge in [-0.05, 0) is 71.2 Å². The summed E-state index contributed by atoms with van der Waals surface area (Å²) in [5.74, 6) is 1.72. The third-order valence-electron chi connectivity index (χ3n) is 4.61. The molecule has 2 aromatic rings. The van der Waals surface area contributed by atoms with Crippen LogP contribution >= 0.6 is 24.0 Å². The highest BCUT2D eigenvalue weighted by Gasteiger charge is 2.14. The molecule has 0 aliphatic rings. The molecule has 2 rings (SSSR count). The Bertz CT molecular complexity index is 783. The Labute approximate surface area is 192 Å². The van der Waals surface area contributed by atoms with Crippen LogP contribution in [0.4, 0.5) is 0 Å². The average Bonchev–Trinajstić information content (AvgIpc) is 2.87. The van der Waals surface area contributed by atoms with Crippen LogP contribution in [-0.4, -0.2) is 34.4 Å². The van der Waals surface area contributed by atoms with E-state index in [4.69, 9.17) is 9.73 Å². The number of aryl methyl sites for hydroxylation is 2. The number of hydrogen-bond donors (Lipinski definition) is 2. The first kappa shape index (κ1) is 25.3. The van der Waals surface area contributed by atoms with Crippen LogP contribution in [0.5, 0.6) is 5.75 Å². The molecule has 1 atom stereocenters. The third-order valence-corrected chi connectivity index (χ3v) is 4.61. The summed E-state index contributed by atoms with van der Waals surface area (Å²) in [6.45, 7) is 13.9. The third kappa shape index (κ3) is 7.87. The van der Waals surface area contributed by atoms with Crippen LogP contribution in [0.1, 0.15) is 50.2 Å². The van der Waals surface area contributed by atoms with E-state index in [2.05, 4.69) is 55.6 Å². The Balaban J connectivity index is 0.00000420. The van der Waals surface area contributed by atoms with Crippen molar-refractivity contribution >= 4 is 29.9 Å². The summed E-state index contributed by atoms with van der Waals surface area (Å²) in [6, 6.07) is 8.39. The van der Waals surface area contributed by atoms with E-state index in [1.807, 2.05) is 37.7 Å². The number of aliphatic imine (C=N–C) groups is 1. The fraction of sp³-hybridized carbons (Fsp3) is 0.545. The maximum Gasteiger partial charge on any atom is 0.191 e. The molecule has 1 aromatic heterocycles. The van der Waals surface area contributed by atoms with E-state index in [1.165, 1.54) is 11.3 Å². The van der Waals surface area contributed by atoms with Crippen LogP contribution < -0.4 is 15.4 Å². The molecule has 0 amide bonds. The van der Waals surface area contributed by atoms with Gasteiger partial charge in [-0.3, -0.25) is 4.68 Å². The molecule has 6 nitrogen and oxygen atoms in total. The number of guanidine groups is 1. The van der Waals surface area contributed by atoms with Gasteiger partial charge in [0.05, 0.1) is 18.3 Å². The Kier molecular flexibility index (Phi) is 10.5. The van der Waals surface area contributed by atoms with E-state index in [-0.39, 0.29) is 36.1 Å². The van der Waals surface area contributed by atoms with Crippen LogP contribution in [0.3, 0.4) is 0 Å². The molecule has 0 fully saturated rings. The molecule has 1 aromatic carbocycles. The first-order chi connectivity index (χ1) is 13.3. The largest absolute Gasteiger partial charge is 0.491 e. The summed E-state index contributed by atoms with van der Waals surface area (Å²) >= 11 is 0. The van der Waals surface area contributed by atoms with Gasteiger partial charge in [-0.15, -0.1) is 24.0 Å². The van der Waals surface area contributed by atoms with Crippen molar-refractivity contribution < 1.29 is 4.74 Å². The van der Waals surface area contributed by atoms with E-state index >= 15 is 0 Å². The minimum absolute atomic E-state index is 0. The lowest BCUT2D eigenvalue weighted by Gasteiger charge is -2.18. The van der Waals surface area contributed by atoms with Gasteiger partial charge in [0, 0.05) is 25.3 Å². The number of hydrogen-bond acceptors (Lipinski definition) is 3. The lowest BCUT2D eigenvalue weighted by Crippen LogP contribution is -2.43. The van der Waals surface area contributed by atoms with Crippen molar-refractivity contribution in [2.24, 2.45) is 12.0 Å². The van der Waals surface area contributed by atoms with Crippen molar-refractivity contribution in [3.8, 4) is 5.75 Å². The minimum Gasteiger partial charge on any atom is -0.491 e. The normalized spacial score (nSPS) is 12.5. The Morgan fingerprint density at radius 1 is 1.17 bits per heavy atom. The van der Waals surface area contributed by atoms with Crippen molar-refractivity contribution in [2.75, 3.05) is 6.54 Å². The zero-order valence-corrected chi connectivity index (χ0v) is 21.1. The molecule has 1 heterocycles. The summed E-state index contributed by atoms with van der Waals surface area (Å²) < 4.78 is 7.64. The molecule has 0 spiro atoms. The zero-order valence-electron chi connectivity index (χ0n) is 18.7. The van der Waals surface area contributed by atoms with Crippen LogP contribution in [0.25, 0.3) is 0 Å². The molecule has 0 aliphatic carbocycles. The van der Waals surface area contributed by atoms with E-state index in [9.17, 15) is 0 Å². The second-order valence-corrected chi connectivity index (χ2v) is 7.53.